The van der Waals surface area contributed by atoms with E-state index in [0.717, 1.165) is 17.4 Å². The van der Waals surface area contributed by atoms with Gasteiger partial charge in [-0.3, -0.25) is 4.79 Å². The molecule has 0 unspecified atom stereocenters. The molecule has 2 rings (SSSR count). The molecule has 1 aromatic heterocycles. The Morgan fingerprint density at radius 1 is 1.42 bits per heavy atom. The average molecular weight is 369 g/mol. The number of amides is 1. The maximum atomic E-state index is 12.2. The first kappa shape index (κ1) is 18.6. The highest BCUT2D eigenvalue weighted by Gasteiger charge is 2.13. The van der Waals surface area contributed by atoms with Crippen molar-refractivity contribution in [1.82, 2.24) is 14.8 Å². The van der Waals surface area contributed by atoms with Crippen molar-refractivity contribution < 1.29 is 9.53 Å². The predicted octanol–water partition coefficient (Wildman–Crippen LogP) is 3.41. The van der Waals surface area contributed by atoms with Crippen LogP contribution in [0.25, 0.3) is 0 Å². The molecule has 24 heavy (non-hydrogen) atoms. The van der Waals surface area contributed by atoms with Gasteiger partial charge in [-0.15, -0.1) is 10.2 Å². The molecule has 0 aliphatic carbocycles. The van der Waals surface area contributed by atoms with Crippen LogP contribution in [0.1, 0.15) is 19.7 Å². The Labute approximate surface area is 150 Å². The first-order valence-electron chi connectivity index (χ1n) is 7.55. The van der Waals surface area contributed by atoms with Gasteiger partial charge in [0.25, 0.3) is 0 Å². The quantitative estimate of drug-likeness (QED) is 0.758. The van der Waals surface area contributed by atoms with Crippen molar-refractivity contribution in [2.24, 2.45) is 13.0 Å². The monoisotopic (exact) mass is 368 g/mol. The van der Waals surface area contributed by atoms with Crippen LogP contribution in [0.2, 0.25) is 5.02 Å². The summed E-state index contributed by atoms with van der Waals surface area (Å²) in [6.45, 7) is 4.26. The number of hydrogen-bond donors (Lipinski definition) is 1. The van der Waals surface area contributed by atoms with E-state index in [1.54, 1.807) is 25.3 Å². The van der Waals surface area contributed by atoms with E-state index in [4.69, 9.17) is 16.3 Å². The number of nitrogens with zero attached hydrogens (tertiary/aromatic N) is 3. The number of rotatable bonds is 7. The van der Waals surface area contributed by atoms with E-state index in [-0.39, 0.29) is 11.7 Å². The third-order valence-electron chi connectivity index (χ3n) is 3.28. The van der Waals surface area contributed by atoms with Gasteiger partial charge in [0.15, 0.2) is 5.16 Å². The fraction of sp³-hybridized carbons (Fsp3) is 0.438. The number of ether oxygens (including phenoxy) is 1. The average Bonchev–Trinajstić information content (AvgIpc) is 2.85. The zero-order chi connectivity index (χ0) is 17.7. The summed E-state index contributed by atoms with van der Waals surface area (Å²) in [4.78, 5) is 12.2. The summed E-state index contributed by atoms with van der Waals surface area (Å²) in [6, 6.07) is 5.08. The number of thioether (sulfide) groups is 1. The van der Waals surface area contributed by atoms with Gasteiger partial charge in [-0.05, 0) is 24.1 Å². The van der Waals surface area contributed by atoms with Gasteiger partial charge in [0, 0.05) is 18.5 Å². The van der Waals surface area contributed by atoms with Gasteiger partial charge in [-0.25, -0.2) is 0 Å². The van der Waals surface area contributed by atoms with Crippen LogP contribution in [0, 0.1) is 5.92 Å². The number of aromatic nitrogens is 3. The first-order valence-corrected chi connectivity index (χ1v) is 8.91. The number of carbonyl (C=O) groups excluding carboxylic acids is 1. The summed E-state index contributed by atoms with van der Waals surface area (Å²) >= 11 is 7.31. The molecule has 0 aliphatic heterocycles. The first-order chi connectivity index (χ1) is 11.4. The second-order valence-electron chi connectivity index (χ2n) is 5.74. The summed E-state index contributed by atoms with van der Waals surface area (Å²) in [7, 11) is 3.46. The predicted molar refractivity (Wildman–Crippen MR) is 96.9 cm³/mol. The lowest BCUT2D eigenvalue weighted by Gasteiger charge is -2.10. The fourth-order valence-corrected chi connectivity index (χ4v) is 3.01. The fourth-order valence-electron chi connectivity index (χ4n) is 2.11. The Hall–Kier alpha value is -1.73. The minimum atomic E-state index is -0.158. The van der Waals surface area contributed by atoms with Gasteiger partial charge >= 0.3 is 0 Å². The zero-order valence-corrected chi connectivity index (χ0v) is 15.7. The standard InChI is InChI=1S/C16H21ClN4O2S/c1-10(2)7-14-19-20-16(21(14)3)24-9-15(22)18-12-8-11(17)5-6-13(12)23-4/h5-6,8,10H,7,9H2,1-4H3,(H,18,22). The summed E-state index contributed by atoms with van der Waals surface area (Å²) < 4.78 is 7.15. The molecule has 6 nitrogen and oxygen atoms in total. The van der Waals surface area contributed by atoms with E-state index in [1.807, 2.05) is 11.6 Å². The van der Waals surface area contributed by atoms with Crippen molar-refractivity contribution in [3.8, 4) is 5.75 Å². The third-order valence-corrected chi connectivity index (χ3v) is 4.54. The molecule has 1 heterocycles. The summed E-state index contributed by atoms with van der Waals surface area (Å²) in [5, 5.41) is 12.4. The van der Waals surface area contributed by atoms with E-state index < -0.39 is 0 Å². The third kappa shape index (κ3) is 4.88. The van der Waals surface area contributed by atoms with E-state index in [9.17, 15) is 4.79 Å². The number of anilines is 1. The topological polar surface area (TPSA) is 69.0 Å². The van der Waals surface area contributed by atoms with Gasteiger partial charge in [-0.2, -0.15) is 0 Å². The van der Waals surface area contributed by atoms with E-state index in [0.29, 0.717) is 22.4 Å². The second-order valence-corrected chi connectivity index (χ2v) is 7.12. The number of carbonyl (C=O) groups is 1. The minimum Gasteiger partial charge on any atom is -0.495 e. The highest BCUT2D eigenvalue weighted by molar-refractivity contribution is 7.99. The molecule has 130 valence electrons. The van der Waals surface area contributed by atoms with Crippen molar-refractivity contribution in [3.63, 3.8) is 0 Å². The number of nitrogens with one attached hydrogen (secondary N) is 1. The van der Waals surface area contributed by atoms with E-state index >= 15 is 0 Å². The lowest BCUT2D eigenvalue weighted by Crippen LogP contribution is -2.15. The highest BCUT2D eigenvalue weighted by Crippen LogP contribution is 2.28. The van der Waals surface area contributed by atoms with Gasteiger partial charge in [0.2, 0.25) is 5.91 Å². The summed E-state index contributed by atoms with van der Waals surface area (Å²) in [6.07, 6.45) is 0.857. The molecule has 0 spiro atoms. The van der Waals surface area contributed by atoms with Crippen LogP contribution in [-0.2, 0) is 18.3 Å². The van der Waals surface area contributed by atoms with Crippen molar-refractivity contribution in [1.29, 1.82) is 0 Å². The van der Waals surface area contributed by atoms with Crippen LogP contribution >= 0.6 is 23.4 Å². The smallest absolute Gasteiger partial charge is 0.234 e. The number of methoxy groups -OCH3 is 1. The van der Waals surface area contributed by atoms with Crippen molar-refractivity contribution in [2.45, 2.75) is 25.4 Å². The molecule has 0 bridgehead atoms. The second kappa shape index (κ2) is 8.39. The molecule has 1 amide bonds. The molecule has 1 N–H and O–H groups in total. The van der Waals surface area contributed by atoms with Crippen molar-refractivity contribution >= 4 is 35.0 Å². The maximum Gasteiger partial charge on any atom is 0.234 e. The Bertz CT molecular complexity index is 718. The number of hydrogen-bond acceptors (Lipinski definition) is 5. The maximum absolute atomic E-state index is 12.2. The molecular weight excluding hydrogens is 348 g/mol. The SMILES string of the molecule is COc1ccc(Cl)cc1NC(=O)CSc1nnc(CC(C)C)n1C. The highest BCUT2D eigenvalue weighted by atomic mass is 35.5. The Balaban J connectivity index is 1.97. The van der Waals surface area contributed by atoms with Crippen LogP contribution in [0.5, 0.6) is 5.75 Å². The Morgan fingerprint density at radius 3 is 2.83 bits per heavy atom. The van der Waals surface area contributed by atoms with Gasteiger partial charge in [-0.1, -0.05) is 37.2 Å². The zero-order valence-electron chi connectivity index (χ0n) is 14.2. The van der Waals surface area contributed by atoms with Crippen LogP contribution in [0.15, 0.2) is 23.4 Å². The van der Waals surface area contributed by atoms with Crippen LogP contribution in [0.4, 0.5) is 5.69 Å². The van der Waals surface area contributed by atoms with Gasteiger partial charge in [0.1, 0.15) is 11.6 Å². The summed E-state index contributed by atoms with van der Waals surface area (Å²) in [5.74, 6) is 2.06. The van der Waals surface area contributed by atoms with Gasteiger partial charge in [0.05, 0.1) is 18.6 Å². The molecule has 8 heteroatoms. The largest absolute Gasteiger partial charge is 0.495 e. The lowest BCUT2D eigenvalue weighted by atomic mass is 10.1. The molecule has 0 saturated carbocycles. The molecule has 0 atom stereocenters. The number of halogens is 1. The normalized spacial score (nSPS) is 10.9. The molecule has 2 aromatic rings. The molecular formula is C16H21ClN4O2S. The molecule has 1 aromatic carbocycles. The van der Waals surface area contributed by atoms with Crippen molar-refractivity contribution in [2.75, 3.05) is 18.2 Å². The van der Waals surface area contributed by atoms with Gasteiger partial charge < -0.3 is 14.6 Å². The van der Waals surface area contributed by atoms with E-state index in [2.05, 4.69) is 29.4 Å². The lowest BCUT2D eigenvalue weighted by molar-refractivity contribution is -0.113. The molecule has 0 aliphatic rings. The minimum absolute atomic E-state index is 0.158. The van der Waals surface area contributed by atoms with Crippen LogP contribution in [0.3, 0.4) is 0 Å². The molecule has 0 radical (unpaired) electrons. The molecule has 0 saturated heterocycles. The number of benzene rings is 1. The van der Waals surface area contributed by atoms with Crippen molar-refractivity contribution in [3.05, 3.63) is 29.0 Å². The van der Waals surface area contributed by atoms with Crippen LogP contribution in [-0.4, -0.2) is 33.5 Å². The Kier molecular flexibility index (Phi) is 6.51. The summed E-state index contributed by atoms with van der Waals surface area (Å²) in [5.41, 5.74) is 0.550. The van der Waals surface area contributed by atoms with Crippen LogP contribution < -0.4 is 10.1 Å². The molecule has 0 fully saturated rings. The van der Waals surface area contributed by atoms with E-state index in [1.165, 1.54) is 11.8 Å². The Morgan fingerprint density at radius 2 is 2.17 bits per heavy atom.